The number of hydrogen-bond donors (Lipinski definition) is 4. The van der Waals surface area contributed by atoms with Crippen LogP contribution in [0.5, 0.6) is 0 Å². The summed E-state index contributed by atoms with van der Waals surface area (Å²) in [4.78, 5) is 13.6. The quantitative estimate of drug-likeness (QED) is 0.0230. The molecule has 0 saturated carbocycles. The summed E-state index contributed by atoms with van der Waals surface area (Å²) in [5.74, 6) is -1.21. The van der Waals surface area contributed by atoms with Gasteiger partial charge in [-0.1, -0.05) is 55.7 Å². The minimum atomic E-state index is -4.40. The number of hydrogen-bond acceptors (Lipinski definition) is 10. The van der Waals surface area contributed by atoms with E-state index in [9.17, 15) is 30.7 Å². The lowest BCUT2D eigenvalue weighted by molar-refractivity contribution is -0.437. The summed E-state index contributed by atoms with van der Waals surface area (Å²) in [5.41, 5.74) is 4.14. The van der Waals surface area contributed by atoms with Crippen molar-refractivity contribution in [3.8, 4) is 0 Å². The third kappa shape index (κ3) is 10.1. The fraction of sp³-hybridized carbons (Fsp3) is 0.389. The van der Waals surface area contributed by atoms with Crippen molar-refractivity contribution in [3.63, 3.8) is 0 Å². The van der Waals surface area contributed by atoms with Gasteiger partial charge in [0.15, 0.2) is 5.71 Å². The van der Waals surface area contributed by atoms with E-state index in [2.05, 4.69) is 14.3 Å². The number of nitrogens with zero attached hydrogens (tertiary/aromatic N) is 2. The van der Waals surface area contributed by atoms with E-state index in [1.54, 1.807) is 12.1 Å². The number of anilines is 1. The van der Waals surface area contributed by atoms with E-state index in [1.165, 1.54) is 12.1 Å². The molecule has 2 aliphatic rings. The Morgan fingerprint density at radius 2 is 1.60 bits per heavy atom. The van der Waals surface area contributed by atoms with E-state index >= 15 is 0 Å². The Labute approximate surface area is 309 Å². The number of carboxylic acids is 1. The monoisotopic (exact) mass is 777 g/mol. The van der Waals surface area contributed by atoms with Crippen LogP contribution in [0.15, 0.2) is 94.4 Å². The fourth-order valence-electron chi connectivity index (χ4n) is 6.67. The zero-order valence-electron chi connectivity index (χ0n) is 29.4. The molecule has 0 spiro atoms. The molecular weight excluding hydrogens is 733 g/mol. The van der Waals surface area contributed by atoms with Crippen LogP contribution in [0.25, 0.3) is 0 Å². The molecule has 0 saturated heterocycles. The first-order chi connectivity index (χ1) is 24.4. The topological polar surface area (TPSA) is 191 Å². The highest BCUT2D eigenvalue weighted by molar-refractivity contribution is 7.94. The number of allylic oxidation sites excluding steroid dienone is 8. The molecule has 0 atom stereocenters. The third-order valence-corrected chi connectivity index (χ3v) is 11.4. The van der Waals surface area contributed by atoms with Crippen LogP contribution in [0.1, 0.15) is 70.9 Å². The molecule has 2 aromatic rings. The summed E-state index contributed by atoms with van der Waals surface area (Å²) in [5, 5.41) is 21.3. The van der Waals surface area contributed by atoms with E-state index in [4.69, 9.17) is 10.4 Å². The van der Waals surface area contributed by atoms with Gasteiger partial charge in [0.25, 0.3) is 20.2 Å². The van der Waals surface area contributed by atoms with Gasteiger partial charge in [-0.2, -0.15) is 21.4 Å². The van der Waals surface area contributed by atoms with Crippen LogP contribution < -0.4 is 4.90 Å². The molecule has 4 rings (SSSR count). The number of carbonyl (C=O) groups is 1. The van der Waals surface area contributed by atoms with Gasteiger partial charge in [-0.25, -0.2) is 5.26 Å². The van der Waals surface area contributed by atoms with E-state index in [0.717, 1.165) is 52.4 Å². The lowest BCUT2D eigenvalue weighted by Gasteiger charge is -2.27. The van der Waals surface area contributed by atoms with Crippen LogP contribution in [-0.4, -0.2) is 71.4 Å². The highest BCUT2D eigenvalue weighted by atomic mass is 32.2. The number of fused-ring (bicyclic) bond motifs is 2. The van der Waals surface area contributed by atoms with Crippen molar-refractivity contribution in [1.82, 2.24) is 0 Å². The number of benzene rings is 2. The summed E-state index contributed by atoms with van der Waals surface area (Å²) in [6.45, 7) is 8.99. The van der Waals surface area contributed by atoms with Gasteiger partial charge in [-0.15, -0.1) is 4.33 Å². The van der Waals surface area contributed by atoms with Gasteiger partial charge in [-0.05, 0) is 68.7 Å². The first kappa shape index (κ1) is 41.2. The minimum Gasteiger partial charge on any atom is -0.481 e. The molecule has 16 heteroatoms. The highest BCUT2D eigenvalue weighted by Gasteiger charge is 2.44. The van der Waals surface area contributed by atoms with Crippen molar-refractivity contribution in [2.24, 2.45) is 0 Å². The first-order valence-electron chi connectivity index (χ1n) is 16.6. The molecule has 13 nitrogen and oxygen atoms in total. The van der Waals surface area contributed by atoms with Crippen LogP contribution in [-0.2, 0) is 45.2 Å². The van der Waals surface area contributed by atoms with Crippen LogP contribution in [0.2, 0.25) is 0 Å². The van der Waals surface area contributed by atoms with Crippen LogP contribution >= 0.6 is 12.0 Å². The lowest BCUT2D eigenvalue weighted by atomic mass is 9.81. The molecule has 0 fully saturated rings. The molecule has 2 aliphatic heterocycles. The molecule has 52 heavy (non-hydrogen) atoms. The number of carboxylic acid groups (broad SMARTS) is 1. The second-order valence-electron chi connectivity index (χ2n) is 13.5. The molecule has 0 amide bonds. The second-order valence-corrected chi connectivity index (χ2v) is 17.3. The summed E-state index contributed by atoms with van der Waals surface area (Å²) in [6, 6.07) is 10.2. The molecule has 282 valence electrons. The maximum Gasteiger partial charge on any atom is 0.303 e. The molecule has 2 heterocycles. The second kappa shape index (κ2) is 17.0. The Balaban J connectivity index is 1.57. The Hall–Kier alpha value is -3.61. The van der Waals surface area contributed by atoms with Gasteiger partial charge in [0, 0.05) is 58.8 Å². The maximum atomic E-state index is 11.9. The molecule has 0 aliphatic carbocycles. The summed E-state index contributed by atoms with van der Waals surface area (Å²) in [7, 11) is -8.53. The standard InChI is InChI=1S/C36H44N2O11S3/c1-35(2)28-24-26(50-49-48-41)17-19-30(28)38(22-13-23-51(42,43)44)32(35)14-9-6-5-7-10-15-33-36(3,4)29-25-27(52(45,46)47)18-20-31(29)37(33)21-12-8-11-16-34(39)40/h5-7,9-10,14-15,17-20,24-25H,8,11-13,16,21-23H2,1-4H3,(H3-,39,40,41,42,43,44,45,46,47)/p+1. The molecule has 0 bridgehead atoms. The molecular formula is C36H45N2O11S3+. The van der Waals surface area contributed by atoms with Crippen molar-refractivity contribution in [3.05, 3.63) is 95.8 Å². The Morgan fingerprint density at radius 1 is 0.885 bits per heavy atom. The van der Waals surface area contributed by atoms with Crippen molar-refractivity contribution in [2.75, 3.05) is 23.7 Å². The predicted molar refractivity (Wildman–Crippen MR) is 199 cm³/mol. The molecule has 0 radical (unpaired) electrons. The zero-order chi connectivity index (χ0) is 38.3. The van der Waals surface area contributed by atoms with E-state index in [0.29, 0.717) is 30.8 Å². The van der Waals surface area contributed by atoms with Crippen molar-refractivity contribution < 1.29 is 55.0 Å². The Morgan fingerprint density at radius 3 is 2.27 bits per heavy atom. The Bertz CT molecular complexity index is 2030. The SMILES string of the molecule is CC1(C)C(/C=C/C=C/C=C/C=C2/N(CCCCCC(=O)O)c3ccc(S(=O)(=O)O)cc3C2(C)C)=[N+](CCCS(=O)(=O)O)c2ccc(SOOO)cc21. The summed E-state index contributed by atoms with van der Waals surface area (Å²) in [6.07, 6.45) is 15.5. The van der Waals surface area contributed by atoms with Crippen LogP contribution in [0, 0.1) is 0 Å². The van der Waals surface area contributed by atoms with Gasteiger partial charge < -0.3 is 10.0 Å². The lowest BCUT2D eigenvalue weighted by Crippen LogP contribution is -2.28. The third-order valence-electron chi connectivity index (χ3n) is 9.19. The van der Waals surface area contributed by atoms with Gasteiger partial charge in [-0.3, -0.25) is 13.9 Å². The molecule has 2 aromatic carbocycles. The highest BCUT2D eigenvalue weighted by Crippen LogP contribution is 2.48. The van der Waals surface area contributed by atoms with Crippen molar-refractivity contribution in [2.45, 2.75) is 80.4 Å². The number of aliphatic carboxylic acids is 1. The van der Waals surface area contributed by atoms with Gasteiger partial charge >= 0.3 is 5.97 Å². The summed E-state index contributed by atoms with van der Waals surface area (Å²) >= 11 is 0.843. The van der Waals surface area contributed by atoms with Gasteiger partial charge in [0.1, 0.15) is 6.54 Å². The molecule has 0 aromatic heterocycles. The van der Waals surface area contributed by atoms with Gasteiger partial charge in [0.05, 0.1) is 28.1 Å². The number of rotatable bonds is 18. The first-order valence-corrected chi connectivity index (χ1v) is 20.4. The predicted octanol–water partition coefficient (Wildman–Crippen LogP) is 7.01. The smallest absolute Gasteiger partial charge is 0.303 e. The van der Waals surface area contributed by atoms with Crippen molar-refractivity contribution in [1.29, 1.82) is 0 Å². The van der Waals surface area contributed by atoms with Crippen LogP contribution in [0.4, 0.5) is 11.4 Å². The van der Waals surface area contributed by atoms with Gasteiger partial charge in [0.2, 0.25) is 5.69 Å². The fourth-order valence-corrected chi connectivity index (χ4v) is 8.07. The van der Waals surface area contributed by atoms with Crippen LogP contribution in [0.3, 0.4) is 0 Å². The number of unbranched alkanes of at least 4 members (excludes halogenated alkanes) is 2. The largest absolute Gasteiger partial charge is 0.481 e. The Kier molecular flexibility index (Phi) is 13.5. The minimum absolute atomic E-state index is 0.0958. The normalized spacial score (nSPS) is 17.7. The van der Waals surface area contributed by atoms with E-state index < -0.39 is 37.0 Å². The molecule has 0 unspecified atom stereocenters. The average Bonchev–Trinajstić information content (AvgIpc) is 3.39. The summed E-state index contributed by atoms with van der Waals surface area (Å²) < 4.78 is 72.4. The zero-order valence-corrected chi connectivity index (χ0v) is 31.9. The van der Waals surface area contributed by atoms with E-state index in [1.807, 2.05) is 86.9 Å². The molecule has 4 N–H and O–H groups in total. The van der Waals surface area contributed by atoms with E-state index in [-0.39, 0.29) is 23.5 Å². The van der Waals surface area contributed by atoms with Crippen molar-refractivity contribution >= 4 is 55.3 Å². The average molecular weight is 778 g/mol. The maximum absolute atomic E-state index is 11.9.